The average Bonchev–Trinajstić information content (AvgIpc) is 2.99. The first-order valence-electron chi connectivity index (χ1n) is 7.61. The highest BCUT2D eigenvalue weighted by atomic mass is 32.2. The van der Waals surface area contributed by atoms with E-state index >= 15 is 0 Å². The molecule has 1 aliphatic carbocycles. The second kappa shape index (κ2) is 8.08. The van der Waals surface area contributed by atoms with E-state index in [-0.39, 0.29) is 11.6 Å². The zero-order valence-corrected chi connectivity index (χ0v) is 13.1. The predicted octanol–water partition coefficient (Wildman–Crippen LogP) is 4.82. The lowest BCUT2D eigenvalue weighted by atomic mass is 10.1. The summed E-state index contributed by atoms with van der Waals surface area (Å²) in [5, 5.41) is 3.86. The number of rotatable bonds is 7. The van der Waals surface area contributed by atoms with E-state index in [1.54, 1.807) is 0 Å². The van der Waals surface area contributed by atoms with Crippen LogP contribution in [0.15, 0.2) is 12.1 Å². The normalized spacial score (nSPS) is 17.3. The summed E-state index contributed by atoms with van der Waals surface area (Å²) in [7, 11) is 0. The van der Waals surface area contributed by atoms with Crippen LogP contribution in [0.5, 0.6) is 0 Å². The van der Waals surface area contributed by atoms with E-state index in [1.807, 2.05) is 18.7 Å². The van der Waals surface area contributed by atoms with E-state index in [2.05, 4.69) is 5.32 Å². The molecule has 1 fully saturated rings. The van der Waals surface area contributed by atoms with Gasteiger partial charge in [0.15, 0.2) is 17.5 Å². The lowest BCUT2D eigenvalue weighted by Crippen LogP contribution is -2.26. The molecule has 1 aliphatic rings. The third-order valence-electron chi connectivity index (χ3n) is 3.88. The molecule has 0 saturated heterocycles. The molecule has 1 saturated carbocycles. The Morgan fingerprint density at radius 1 is 1.19 bits per heavy atom. The van der Waals surface area contributed by atoms with Crippen molar-refractivity contribution in [2.45, 2.75) is 50.3 Å². The van der Waals surface area contributed by atoms with Crippen LogP contribution in [0.25, 0.3) is 0 Å². The minimum absolute atomic E-state index is 0.229. The fourth-order valence-corrected chi connectivity index (χ4v) is 4.10. The highest BCUT2D eigenvalue weighted by molar-refractivity contribution is 7.99. The molecule has 1 aromatic carbocycles. The number of thioether (sulfide) groups is 1. The number of hydrogen-bond donors (Lipinski definition) is 1. The maximum absolute atomic E-state index is 14.0. The Labute approximate surface area is 128 Å². The van der Waals surface area contributed by atoms with E-state index in [9.17, 15) is 13.2 Å². The second-order valence-corrected chi connectivity index (χ2v) is 6.84. The summed E-state index contributed by atoms with van der Waals surface area (Å²) in [6, 6.07) is 2.09. The van der Waals surface area contributed by atoms with Crippen molar-refractivity contribution in [1.29, 1.82) is 0 Å². The van der Waals surface area contributed by atoms with Crippen molar-refractivity contribution < 1.29 is 13.2 Å². The Morgan fingerprint density at radius 2 is 1.90 bits per heavy atom. The molecule has 0 heterocycles. The quantitative estimate of drug-likeness (QED) is 0.724. The van der Waals surface area contributed by atoms with Gasteiger partial charge in [0.05, 0.1) is 0 Å². The third kappa shape index (κ3) is 4.39. The van der Waals surface area contributed by atoms with Gasteiger partial charge in [-0.3, -0.25) is 0 Å². The Hall–Kier alpha value is -0.680. The number of hydrogen-bond acceptors (Lipinski definition) is 2. The number of nitrogens with one attached hydrogen (secondary N) is 1. The maximum Gasteiger partial charge on any atom is 0.194 e. The first-order chi connectivity index (χ1) is 10.1. The van der Waals surface area contributed by atoms with Crippen molar-refractivity contribution in [3.8, 4) is 0 Å². The van der Waals surface area contributed by atoms with Crippen LogP contribution in [0.3, 0.4) is 0 Å². The average molecular weight is 317 g/mol. The third-order valence-corrected chi connectivity index (χ3v) is 5.35. The molecule has 5 heteroatoms. The van der Waals surface area contributed by atoms with Gasteiger partial charge >= 0.3 is 0 Å². The van der Waals surface area contributed by atoms with E-state index in [4.69, 9.17) is 0 Å². The van der Waals surface area contributed by atoms with Gasteiger partial charge in [-0.05, 0) is 31.9 Å². The molecule has 1 atom stereocenters. The second-order valence-electron chi connectivity index (χ2n) is 5.51. The summed E-state index contributed by atoms with van der Waals surface area (Å²) in [5.74, 6) is -2.88. The lowest BCUT2D eigenvalue weighted by molar-refractivity contribution is 0.430. The number of halogens is 3. The molecule has 1 nitrogen and oxygen atoms in total. The van der Waals surface area contributed by atoms with Crippen molar-refractivity contribution in [2.24, 2.45) is 0 Å². The van der Waals surface area contributed by atoms with Crippen molar-refractivity contribution in [1.82, 2.24) is 5.32 Å². The van der Waals surface area contributed by atoms with Gasteiger partial charge in [-0.15, -0.1) is 0 Å². The van der Waals surface area contributed by atoms with Gasteiger partial charge in [0.2, 0.25) is 0 Å². The summed E-state index contributed by atoms with van der Waals surface area (Å²) >= 11 is 1.81. The molecule has 1 N–H and O–H groups in total. The molecular weight excluding hydrogens is 295 g/mol. The molecule has 21 heavy (non-hydrogen) atoms. The van der Waals surface area contributed by atoms with E-state index in [0.29, 0.717) is 11.0 Å². The predicted molar refractivity (Wildman–Crippen MR) is 82.1 cm³/mol. The van der Waals surface area contributed by atoms with Crippen LogP contribution in [-0.4, -0.2) is 17.5 Å². The first-order valence-corrected chi connectivity index (χ1v) is 8.66. The van der Waals surface area contributed by atoms with Crippen LogP contribution >= 0.6 is 11.8 Å². The summed E-state index contributed by atoms with van der Waals surface area (Å²) < 4.78 is 40.5. The lowest BCUT2D eigenvalue weighted by Gasteiger charge is -2.21. The van der Waals surface area contributed by atoms with Gasteiger partial charge in [0.25, 0.3) is 0 Å². The van der Waals surface area contributed by atoms with E-state index in [1.165, 1.54) is 31.7 Å². The Kier molecular flexibility index (Phi) is 6.42. The monoisotopic (exact) mass is 317 g/mol. The fraction of sp³-hybridized carbons (Fsp3) is 0.625. The van der Waals surface area contributed by atoms with Gasteiger partial charge in [0, 0.05) is 22.6 Å². The summed E-state index contributed by atoms with van der Waals surface area (Å²) in [6.45, 7) is 2.75. The molecule has 0 aromatic heterocycles. The maximum atomic E-state index is 14.0. The van der Waals surface area contributed by atoms with E-state index < -0.39 is 17.5 Å². The van der Waals surface area contributed by atoms with Gasteiger partial charge in [0.1, 0.15) is 0 Å². The van der Waals surface area contributed by atoms with Crippen LogP contribution in [0.1, 0.15) is 50.6 Å². The zero-order chi connectivity index (χ0) is 15.2. The zero-order valence-electron chi connectivity index (χ0n) is 12.3. The molecule has 118 valence electrons. The van der Waals surface area contributed by atoms with Gasteiger partial charge in [-0.1, -0.05) is 25.8 Å². The van der Waals surface area contributed by atoms with Crippen LogP contribution in [0.2, 0.25) is 0 Å². The summed E-state index contributed by atoms with van der Waals surface area (Å²) in [5.41, 5.74) is 0.229. The highest BCUT2D eigenvalue weighted by Crippen LogP contribution is 2.33. The van der Waals surface area contributed by atoms with Crippen LogP contribution in [-0.2, 0) is 0 Å². The standard InChI is InChI=1S/C16H22F3NS/c1-2-9-20-14(10-21-11-5-3-4-6-11)12-7-8-13(17)16(19)15(12)18/h7-8,11,14,20H,2-6,9-10H2,1H3. The molecule has 0 aliphatic heterocycles. The fourth-order valence-electron chi connectivity index (χ4n) is 2.67. The largest absolute Gasteiger partial charge is 0.309 e. The Morgan fingerprint density at radius 3 is 2.57 bits per heavy atom. The van der Waals surface area contributed by atoms with Crippen LogP contribution < -0.4 is 5.32 Å². The van der Waals surface area contributed by atoms with Gasteiger partial charge in [-0.25, -0.2) is 13.2 Å². The van der Waals surface area contributed by atoms with Crippen molar-refractivity contribution >= 4 is 11.8 Å². The molecule has 2 rings (SSSR count). The van der Waals surface area contributed by atoms with Gasteiger partial charge in [-0.2, -0.15) is 11.8 Å². The van der Waals surface area contributed by atoms with Crippen molar-refractivity contribution in [3.05, 3.63) is 35.1 Å². The van der Waals surface area contributed by atoms with Gasteiger partial charge < -0.3 is 5.32 Å². The summed E-state index contributed by atoms with van der Waals surface area (Å²) in [4.78, 5) is 0. The smallest absolute Gasteiger partial charge is 0.194 e. The van der Waals surface area contributed by atoms with E-state index in [0.717, 1.165) is 19.0 Å². The SMILES string of the molecule is CCCNC(CSC1CCCC1)c1ccc(F)c(F)c1F. The Balaban J connectivity index is 2.08. The molecule has 0 amide bonds. The van der Waals surface area contributed by atoms with Crippen LogP contribution in [0, 0.1) is 17.5 Å². The van der Waals surface area contributed by atoms with Crippen molar-refractivity contribution in [2.75, 3.05) is 12.3 Å². The Bertz CT molecular complexity index is 461. The first kappa shape index (κ1) is 16.7. The minimum Gasteiger partial charge on any atom is -0.309 e. The highest BCUT2D eigenvalue weighted by Gasteiger charge is 2.23. The molecular formula is C16H22F3NS. The molecule has 1 unspecified atom stereocenters. The molecule has 0 bridgehead atoms. The molecule has 1 aromatic rings. The van der Waals surface area contributed by atoms with Crippen LogP contribution in [0.4, 0.5) is 13.2 Å². The number of benzene rings is 1. The molecule has 0 radical (unpaired) electrons. The molecule has 0 spiro atoms. The summed E-state index contributed by atoms with van der Waals surface area (Å²) in [6.07, 6.45) is 5.82. The minimum atomic E-state index is -1.37. The van der Waals surface area contributed by atoms with Crippen molar-refractivity contribution in [3.63, 3.8) is 0 Å². The topological polar surface area (TPSA) is 12.0 Å².